The lowest BCUT2D eigenvalue weighted by molar-refractivity contribution is -0.144. The van der Waals surface area contributed by atoms with Crippen LogP contribution in [-0.4, -0.2) is 73.1 Å². The van der Waals surface area contributed by atoms with E-state index in [0.717, 1.165) is 12.3 Å². The minimum atomic E-state index is -4.81. The molecule has 3 aromatic rings. The lowest BCUT2D eigenvalue weighted by Gasteiger charge is -2.37. The van der Waals surface area contributed by atoms with Gasteiger partial charge in [-0.15, -0.1) is 5.10 Å². The number of hydrazone groups is 1. The highest BCUT2D eigenvalue weighted by Crippen LogP contribution is 2.31. The Labute approximate surface area is 217 Å². The molecule has 1 aromatic carbocycles. The number of nitrogens with zero attached hydrogens (tertiary/aromatic N) is 10. The highest BCUT2D eigenvalue weighted by Gasteiger charge is 2.37. The zero-order chi connectivity index (χ0) is 27.9. The number of rotatable bonds is 3. The maximum Gasteiger partial charge on any atom is 0.453 e. The van der Waals surface area contributed by atoms with Gasteiger partial charge in [0.2, 0.25) is 5.95 Å². The number of amides is 2. The molecule has 2 aliphatic heterocycles. The van der Waals surface area contributed by atoms with Crippen molar-refractivity contribution in [2.24, 2.45) is 5.10 Å². The standard InChI is InChI=1S/C23H19F5N10O/c1-13-32-20(23(26,27)28)34-37(13)19-17(25)12-30-21(33-19)35-4-6-36(7-5-35)22(39)38-18(2-3-31-38)15-8-14(11-29)9-16(24)10-15/h3,8-10,12,18H,2,4-7H2,1H3/t18-/m0/s1. The molecular formula is C23H19F5N10O. The molecule has 11 nitrogen and oxygen atoms in total. The Bertz CT molecular complexity index is 1490. The molecule has 0 N–H and O–H groups in total. The molecule has 4 heterocycles. The van der Waals surface area contributed by atoms with Crippen molar-refractivity contribution < 1.29 is 26.7 Å². The molecule has 202 valence electrons. The number of aromatic nitrogens is 5. The molecule has 5 rings (SSSR count). The highest BCUT2D eigenvalue weighted by molar-refractivity contribution is 5.78. The molecular weight excluding hydrogens is 527 g/mol. The van der Waals surface area contributed by atoms with Crippen LogP contribution < -0.4 is 4.90 Å². The van der Waals surface area contributed by atoms with Gasteiger partial charge >= 0.3 is 12.2 Å². The SMILES string of the molecule is Cc1nc(C(F)(F)F)nn1-c1nc(N2CCN(C(=O)N3N=CC[C@H]3c3cc(F)cc(C#N)c3)CC2)ncc1F. The minimum absolute atomic E-state index is 0.0443. The maximum absolute atomic E-state index is 14.5. The molecule has 0 bridgehead atoms. The third-order valence-electron chi connectivity index (χ3n) is 6.23. The van der Waals surface area contributed by atoms with Crippen molar-refractivity contribution in [2.75, 3.05) is 31.1 Å². The number of nitriles is 1. The lowest BCUT2D eigenvalue weighted by Crippen LogP contribution is -2.52. The van der Waals surface area contributed by atoms with Gasteiger partial charge in [-0.1, -0.05) is 0 Å². The van der Waals surface area contributed by atoms with Crippen LogP contribution in [0.2, 0.25) is 0 Å². The van der Waals surface area contributed by atoms with Gasteiger partial charge in [0.25, 0.3) is 5.82 Å². The molecule has 1 fully saturated rings. The number of hydrogen-bond donors (Lipinski definition) is 0. The number of aryl methyl sites for hydroxylation is 1. The van der Waals surface area contributed by atoms with Crippen LogP contribution in [-0.2, 0) is 6.18 Å². The second-order valence-electron chi connectivity index (χ2n) is 8.77. The van der Waals surface area contributed by atoms with Crippen LogP contribution in [0.15, 0.2) is 29.5 Å². The third-order valence-corrected chi connectivity index (χ3v) is 6.23. The average Bonchev–Trinajstić information content (AvgIpc) is 3.55. The van der Waals surface area contributed by atoms with E-state index in [1.54, 1.807) is 11.1 Å². The number of hydrogen-bond acceptors (Lipinski definition) is 8. The second-order valence-corrected chi connectivity index (χ2v) is 8.77. The zero-order valence-corrected chi connectivity index (χ0v) is 20.3. The average molecular weight is 546 g/mol. The Hall–Kier alpha value is -4.68. The van der Waals surface area contributed by atoms with E-state index in [9.17, 15) is 26.7 Å². The summed E-state index contributed by atoms with van der Waals surface area (Å²) in [6.45, 7) is 2.14. The number of anilines is 1. The Balaban J connectivity index is 1.29. The number of carbonyl (C=O) groups is 1. The fourth-order valence-electron chi connectivity index (χ4n) is 4.35. The number of urea groups is 1. The predicted molar refractivity (Wildman–Crippen MR) is 125 cm³/mol. The predicted octanol–water partition coefficient (Wildman–Crippen LogP) is 3.21. The van der Waals surface area contributed by atoms with Gasteiger partial charge in [-0.25, -0.2) is 28.6 Å². The summed E-state index contributed by atoms with van der Waals surface area (Å²) in [5.41, 5.74) is 0.577. The fourth-order valence-corrected chi connectivity index (χ4v) is 4.35. The number of alkyl halides is 3. The number of carbonyl (C=O) groups excluding carboxylic acids is 1. The van der Waals surface area contributed by atoms with Gasteiger partial charge < -0.3 is 9.80 Å². The number of halogens is 5. The van der Waals surface area contributed by atoms with E-state index in [2.05, 4.69) is 25.2 Å². The van der Waals surface area contributed by atoms with Gasteiger partial charge in [-0.3, -0.25) is 0 Å². The van der Waals surface area contributed by atoms with Crippen LogP contribution in [0.25, 0.3) is 5.82 Å². The summed E-state index contributed by atoms with van der Waals surface area (Å²) in [5, 5.41) is 17.9. The summed E-state index contributed by atoms with van der Waals surface area (Å²) < 4.78 is 68.1. The quantitative estimate of drug-likeness (QED) is 0.463. The summed E-state index contributed by atoms with van der Waals surface area (Å²) in [6, 6.07) is 4.77. The van der Waals surface area contributed by atoms with E-state index in [1.165, 1.54) is 29.0 Å². The molecule has 1 atom stereocenters. The molecule has 2 aliphatic rings. The van der Waals surface area contributed by atoms with Crippen molar-refractivity contribution in [3.05, 3.63) is 58.8 Å². The largest absolute Gasteiger partial charge is 0.453 e. The van der Waals surface area contributed by atoms with E-state index in [-0.39, 0.29) is 43.5 Å². The summed E-state index contributed by atoms with van der Waals surface area (Å²) in [6.07, 6.45) is -2.08. The van der Waals surface area contributed by atoms with Crippen LogP contribution in [0.1, 0.15) is 35.2 Å². The molecule has 16 heteroatoms. The molecule has 0 radical (unpaired) electrons. The first-order valence-corrected chi connectivity index (χ1v) is 11.6. The van der Waals surface area contributed by atoms with Crippen molar-refractivity contribution >= 4 is 18.2 Å². The summed E-state index contributed by atoms with van der Waals surface area (Å²) in [5.74, 6) is -3.64. The maximum atomic E-state index is 14.5. The molecule has 39 heavy (non-hydrogen) atoms. The molecule has 0 spiro atoms. The first-order chi connectivity index (χ1) is 18.5. The van der Waals surface area contributed by atoms with Gasteiger partial charge in [-0.2, -0.15) is 33.2 Å². The van der Waals surface area contributed by atoms with Crippen molar-refractivity contribution in [2.45, 2.75) is 25.6 Å². The summed E-state index contributed by atoms with van der Waals surface area (Å²) >= 11 is 0. The van der Waals surface area contributed by atoms with Gasteiger partial charge in [0, 0.05) is 38.8 Å². The Morgan fingerprint density at radius 3 is 2.51 bits per heavy atom. The van der Waals surface area contributed by atoms with Crippen molar-refractivity contribution in [3.63, 3.8) is 0 Å². The van der Waals surface area contributed by atoms with Crippen LogP contribution in [0, 0.1) is 29.9 Å². The molecule has 0 saturated carbocycles. The minimum Gasteiger partial charge on any atom is -0.337 e. The summed E-state index contributed by atoms with van der Waals surface area (Å²) in [4.78, 5) is 27.8. The highest BCUT2D eigenvalue weighted by atomic mass is 19.4. The summed E-state index contributed by atoms with van der Waals surface area (Å²) in [7, 11) is 0. The number of benzene rings is 1. The number of piperazine rings is 1. The van der Waals surface area contributed by atoms with Gasteiger partial charge in [0.1, 0.15) is 11.6 Å². The Morgan fingerprint density at radius 2 is 1.85 bits per heavy atom. The Kier molecular flexibility index (Phi) is 6.58. The normalized spacial score (nSPS) is 17.6. The van der Waals surface area contributed by atoms with E-state index in [1.807, 2.05) is 6.07 Å². The van der Waals surface area contributed by atoms with Gasteiger partial charge in [-0.05, 0) is 30.7 Å². The Morgan fingerprint density at radius 1 is 1.10 bits per heavy atom. The van der Waals surface area contributed by atoms with Crippen LogP contribution in [0.5, 0.6) is 0 Å². The first-order valence-electron chi connectivity index (χ1n) is 11.6. The van der Waals surface area contributed by atoms with E-state index < -0.39 is 41.5 Å². The molecule has 2 amide bonds. The van der Waals surface area contributed by atoms with Crippen molar-refractivity contribution in [3.8, 4) is 11.9 Å². The van der Waals surface area contributed by atoms with E-state index in [0.29, 0.717) is 16.7 Å². The second kappa shape index (κ2) is 9.89. The van der Waals surface area contributed by atoms with Crippen molar-refractivity contribution in [1.29, 1.82) is 5.26 Å². The van der Waals surface area contributed by atoms with E-state index >= 15 is 0 Å². The van der Waals surface area contributed by atoms with Crippen molar-refractivity contribution in [1.82, 2.24) is 34.6 Å². The van der Waals surface area contributed by atoms with Crippen LogP contribution in [0.4, 0.5) is 32.7 Å². The fraction of sp³-hybridized carbons (Fsp3) is 0.348. The molecule has 1 saturated heterocycles. The molecule has 2 aromatic heterocycles. The van der Waals surface area contributed by atoms with Crippen LogP contribution in [0.3, 0.4) is 0 Å². The van der Waals surface area contributed by atoms with Gasteiger partial charge in [0.15, 0.2) is 11.6 Å². The van der Waals surface area contributed by atoms with Gasteiger partial charge in [0.05, 0.1) is 23.9 Å². The molecule has 0 unspecified atom stereocenters. The first kappa shape index (κ1) is 25.9. The topological polar surface area (TPSA) is 119 Å². The smallest absolute Gasteiger partial charge is 0.337 e. The zero-order valence-electron chi connectivity index (χ0n) is 20.3. The van der Waals surface area contributed by atoms with E-state index in [4.69, 9.17) is 5.26 Å². The monoisotopic (exact) mass is 546 g/mol. The van der Waals surface area contributed by atoms with Crippen LogP contribution >= 0.6 is 0 Å². The molecule has 0 aliphatic carbocycles. The third kappa shape index (κ3) is 5.07. The lowest BCUT2D eigenvalue weighted by atomic mass is 10.0.